The first-order chi connectivity index (χ1) is 12.8. The van der Waals surface area contributed by atoms with Gasteiger partial charge in [-0.15, -0.1) is 0 Å². The largest absolute Gasteiger partial charge is 0.338 e. The number of piperidine rings is 1. The lowest BCUT2D eigenvalue weighted by Gasteiger charge is -2.36. The van der Waals surface area contributed by atoms with E-state index in [1.54, 1.807) is 0 Å². The number of carbonyl (C=O) groups is 1. The maximum absolute atomic E-state index is 12.8. The van der Waals surface area contributed by atoms with Gasteiger partial charge in [-0.05, 0) is 49.7 Å². The zero-order valence-electron chi connectivity index (χ0n) is 15.6. The van der Waals surface area contributed by atoms with Crippen LogP contribution in [0.15, 0.2) is 24.4 Å². The molecule has 2 atom stereocenters. The van der Waals surface area contributed by atoms with Crippen molar-refractivity contribution in [3.63, 3.8) is 0 Å². The van der Waals surface area contributed by atoms with E-state index in [9.17, 15) is 4.79 Å². The van der Waals surface area contributed by atoms with Crippen molar-refractivity contribution >= 4 is 5.91 Å². The van der Waals surface area contributed by atoms with Crippen LogP contribution in [-0.2, 0) is 11.3 Å². The maximum atomic E-state index is 12.8. The molecule has 6 heteroatoms. The van der Waals surface area contributed by atoms with E-state index in [0.29, 0.717) is 30.2 Å². The number of rotatable bonds is 6. The van der Waals surface area contributed by atoms with Gasteiger partial charge in [0.15, 0.2) is 0 Å². The second kappa shape index (κ2) is 8.46. The highest BCUT2D eigenvalue weighted by atomic mass is 16.2. The van der Waals surface area contributed by atoms with Crippen molar-refractivity contribution < 1.29 is 4.79 Å². The van der Waals surface area contributed by atoms with E-state index < -0.39 is 0 Å². The van der Waals surface area contributed by atoms with E-state index in [1.165, 1.54) is 6.42 Å². The lowest BCUT2D eigenvalue weighted by molar-refractivity contribution is -0.135. The average molecular weight is 358 g/mol. The smallest absolute Gasteiger partial charge is 0.222 e. The van der Waals surface area contributed by atoms with Gasteiger partial charge in [0.1, 0.15) is 0 Å². The van der Waals surface area contributed by atoms with Gasteiger partial charge in [0.05, 0.1) is 5.69 Å². The summed E-state index contributed by atoms with van der Waals surface area (Å²) in [5, 5.41) is 0. The SMILES string of the molecule is O=C(CCCC1CNNC1)N1C[C@H]2CC[C@@H]1CN(Cc1ccccn1)C2. The molecule has 0 aromatic carbocycles. The molecule has 4 aliphatic heterocycles. The van der Waals surface area contributed by atoms with Crippen LogP contribution in [0.2, 0.25) is 0 Å². The third-order valence-electron chi connectivity index (χ3n) is 6.13. The van der Waals surface area contributed by atoms with Gasteiger partial charge in [-0.25, -0.2) is 0 Å². The first-order valence-electron chi connectivity index (χ1n) is 10.2. The Morgan fingerprint density at radius 1 is 1.15 bits per heavy atom. The number of amides is 1. The van der Waals surface area contributed by atoms with Gasteiger partial charge in [0.2, 0.25) is 5.91 Å². The third kappa shape index (κ3) is 4.42. The predicted octanol–water partition coefficient (Wildman–Crippen LogP) is 1.40. The Morgan fingerprint density at radius 3 is 2.85 bits per heavy atom. The van der Waals surface area contributed by atoms with Crippen molar-refractivity contribution in [2.24, 2.45) is 11.8 Å². The summed E-state index contributed by atoms with van der Waals surface area (Å²) in [7, 11) is 0. The number of carbonyl (C=O) groups excluding carboxylic acids is 1. The van der Waals surface area contributed by atoms with Gasteiger partial charge in [-0.3, -0.25) is 25.5 Å². The van der Waals surface area contributed by atoms with Crippen molar-refractivity contribution in [3.8, 4) is 0 Å². The van der Waals surface area contributed by atoms with E-state index in [4.69, 9.17) is 0 Å². The fourth-order valence-corrected chi connectivity index (χ4v) is 4.73. The van der Waals surface area contributed by atoms with Gasteiger partial charge in [-0.2, -0.15) is 0 Å². The summed E-state index contributed by atoms with van der Waals surface area (Å²) in [5.41, 5.74) is 7.48. The molecule has 2 N–H and O–H groups in total. The summed E-state index contributed by atoms with van der Waals surface area (Å²) < 4.78 is 0. The number of hydrogen-bond donors (Lipinski definition) is 2. The van der Waals surface area contributed by atoms with Gasteiger partial charge in [-0.1, -0.05) is 6.07 Å². The minimum atomic E-state index is 0.373. The minimum Gasteiger partial charge on any atom is -0.338 e. The molecule has 2 bridgehead atoms. The Labute approximate surface area is 156 Å². The normalized spacial score (nSPS) is 27.0. The standard InChI is InChI=1S/C20H31N5O/c26-20(6-3-4-16-10-22-23-11-16)25-13-17-7-8-19(25)15-24(12-17)14-18-5-1-2-9-21-18/h1-2,5,9,16-17,19,22-23H,3-4,6-8,10-15H2/t17-,19+/m0/s1. The first kappa shape index (κ1) is 17.9. The Morgan fingerprint density at radius 2 is 2.04 bits per heavy atom. The van der Waals surface area contributed by atoms with E-state index in [2.05, 4.69) is 37.8 Å². The fraction of sp³-hybridized carbons (Fsp3) is 0.700. The highest BCUT2D eigenvalue weighted by molar-refractivity contribution is 5.76. The van der Waals surface area contributed by atoms with Crippen LogP contribution in [0, 0.1) is 11.8 Å². The van der Waals surface area contributed by atoms with Crippen molar-refractivity contribution in [1.82, 2.24) is 25.6 Å². The molecule has 6 nitrogen and oxygen atoms in total. The van der Waals surface area contributed by atoms with Gasteiger partial charge in [0, 0.05) is 57.9 Å². The maximum Gasteiger partial charge on any atom is 0.222 e. The summed E-state index contributed by atoms with van der Waals surface area (Å²) in [6.07, 6.45) is 7.14. The van der Waals surface area contributed by atoms with Crippen molar-refractivity contribution in [3.05, 3.63) is 30.1 Å². The lowest BCUT2D eigenvalue weighted by atomic mass is 9.94. The number of fused-ring (bicyclic) bond motifs is 4. The molecule has 142 valence electrons. The van der Waals surface area contributed by atoms with E-state index in [-0.39, 0.29) is 0 Å². The summed E-state index contributed by atoms with van der Waals surface area (Å²) in [4.78, 5) is 22.0. The van der Waals surface area contributed by atoms with Gasteiger partial charge >= 0.3 is 0 Å². The van der Waals surface area contributed by atoms with Crippen molar-refractivity contribution in [2.45, 2.75) is 44.7 Å². The quantitative estimate of drug-likeness (QED) is 0.806. The first-order valence-corrected chi connectivity index (χ1v) is 10.2. The third-order valence-corrected chi connectivity index (χ3v) is 6.13. The van der Waals surface area contributed by atoms with E-state index in [1.807, 2.05) is 12.3 Å². The Bertz CT molecular complexity index is 589. The number of pyridine rings is 1. The summed E-state index contributed by atoms with van der Waals surface area (Å²) >= 11 is 0. The Balaban J connectivity index is 1.30. The van der Waals surface area contributed by atoms with Crippen LogP contribution in [0.3, 0.4) is 0 Å². The summed E-state index contributed by atoms with van der Waals surface area (Å²) in [6.45, 7) is 6.01. The van der Waals surface area contributed by atoms with Crippen LogP contribution in [0.1, 0.15) is 37.8 Å². The fourth-order valence-electron chi connectivity index (χ4n) is 4.73. The van der Waals surface area contributed by atoms with Crippen LogP contribution in [0.5, 0.6) is 0 Å². The molecule has 0 spiro atoms. The monoisotopic (exact) mass is 357 g/mol. The zero-order valence-corrected chi connectivity index (χ0v) is 15.6. The molecule has 4 saturated heterocycles. The van der Waals surface area contributed by atoms with Crippen LogP contribution in [0.25, 0.3) is 0 Å². The molecule has 0 unspecified atom stereocenters. The van der Waals surface area contributed by atoms with Crippen LogP contribution >= 0.6 is 0 Å². The van der Waals surface area contributed by atoms with Crippen molar-refractivity contribution in [1.29, 1.82) is 0 Å². The van der Waals surface area contributed by atoms with Crippen LogP contribution in [-0.4, -0.2) is 59.5 Å². The number of aromatic nitrogens is 1. The van der Waals surface area contributed by atoms with Crippen LogP contribution < -0.4 is 10.9 Å². The highest BCUT2D eigenvalue weighted by Gasteiger charge is 2.36. The van der Waals surface area contributed by atoms with Crippen molar-refractivity contribution in [2.75, 3.05) is 32.7 Å². The minimum absolute atomic E-state index is 0.373. The molecule has 1 amide bonds. The molecular weight excluding hydrogens is 326 g/mol. The predicted molar refractivity (Wildman–Crippen MR) is 101 cm³/mol. The molecule has 4 fully saturated rings. The number of nitrogens with one attached hydrogen (secondary N) is 2. The summed E-state index contributed by atoms with van der Waals surface area (Å²) in [6, 6.07) is 6.51. The average Bonchev–Trinajstić information content (AvgIpc) is 3.02. The molecule has 4 aliphatic rings. The molecule has 1 aromatic rings. The second-order valence-corrected chi connectivity index (χ2v) is 8.18. The second-order valence-electron chi connectivity index (χ2n) is 8.18. The van der Waals surface area contributed by atoms with Crippen LogP contribution in [0.4, 0.5) is 0 Å². The number of hydrogen-bond acceptors (Lipinski definition) is 5. The number of hydrazine groups is 1. The van der Waals surface area contributed by atoms with E-state index >= 15 is 0 Å². The molecule has 26 heavy (non-hydrogen) atoms. The number of nitrogens with zero attached hydrogens (tertiary/aromatic N) is 3. The molecule has 5 heterocycles. The Hall–Kier alpha value is -1.50. The topological polar surface area (TPSA) is 60.5 Å². The summed E-state index contributed by atoms with van der Waals surface area (Å²) in [5.74, 6) is 1.67. The molecule has 1 aromatic heterocycles. The zero-order chi connectivity index (χ0) is 17.8. The Kier molecular flexibility index (Phi) is 5.82. The van der Waals surface area contributed by atoms with Gasteiger partial charge in [0.25, 0.3) is 0 Å². The van der Waals surface area contributed by atoms with Gasteiger partial charge < -0.3 is 4.90 Å². The molecular formula is C20H31N5O. The molecule has 0 radical (unpaired) electrons. The molecule has 0 saturated carbocycles. The molecule has 0 aliphatic carbocycles. The lowest BCUT2D eigenvalue weighted by Crippen LogP contribution is -2.47. The molecule has 5 rings (SSSR count). The highest BCUT2D eigenvalue weighted by Crippen LogP contribution is 2.29. The van der Waals surface area contributed by atoms with E-state index in [0.717, 1.165) is 64.2 Å².